The number of amides is 1. The molecular weight excluding hydrogens is 302 g/mol. The second-order valence-corrected chi connectivity index (χ2v) is 4.42. The highest BCUT2D eigenvalue weighted by molar-refractivity contribution is 5.83. The van der Waals surface area contributed by atoms with E-state index >= 15 is 0 Å². The quantitative estimate of drug-likeness (QED) is 0.479. The molecule has 0 radical (unpaired) electrons. The highest BCUT2D eigenvalue weighted by Crippen LogP contribution is 2.17. The Labute approximate surface area is 131 Å². The monoisotopic (exact) mass is 315 g/mol. The average Bonchev–Trinajstić information content (AvgIpc) is 2.55. The number of nitro groups is 1. The molecule has 0 fully saturated rings. The van der Waals surface area contributed by atoms with Gasteiger partial charge in [0.1, 0.15) is 11.5 Å². The first-order valence-corrected chi connectivity index (χ1v) is 6.53. The van der Waals surface area contributed by atoms with Crippen molar-refractivity contribution in [2.45, 2.75) is 0 Å². The lowest BCUT2D eigenvalue weighted by molar-refractivity contribution is -0.384. The molecule has 1 amide bonds. The van der Waals surface area contributed by atoms with Crippen LogP contribution in [0.5, 0.6) is 11.5 Å². The number of phenols is 1. The van der Waals surface area contributed by atoms with E-state index in [1.54, 1.807) is 12.1 Å². The summed E-state index contributed by atoms with van der Waals surface area (Å²) >= 11 is 0. The molecule has 2 aromatic carbocycles. The van der Waals surface area contributed by atoms with Gasteiger partial charge in [-0.1, -0.05) is 0 Å². The zero-order valence-corrected chi connectivity index (χ0v) is 11.9. The first-order chi connectivity index (χ1) is 11.0. The van der Waals surface area contributed by atoms with Gasteiger partial charge in [-0.2, -0.15) is 5.10 Å². The third kappa shape index (κ3) is 5.12. The van der Waals surface area contributed by atoms with Crippen LogP contribution in [0.4, 0.5) is 5.69 Å². The first kappa shape index (κ1) is 16.0. The number of carbonyl (C=O) groups is 1. The fourth-order valence-corrected chi connectivity index (χ4v) is 1.58. The fraction of sp³-hybridized carbons (Fsp3) is 0.0667. The summed E-state index contributed by atoms with van der Waals surface area (Å²) in [7, 11) is 0. The van der Waals surface area contributed by atoms with Crippen molar-refractivity contribution in [3.8, 4) is 11.5 Å². The lowest BCUT2D eigenvalue weighted by Gasteiger charge is -2.04. The Morgan fingerprint density at radius 1 is 1.22 bits per heavy atom. The van der Waals surface area contributed by atoms with Crippen molar-refractivity contribution >= 4 is 17.8 Å². The van der Waals surface area contributed by atoms with Crippen LogP contribution in [0.3, 0.4) is 0 Å². The third-order valence-electron chi connectivity index (χ3n) is 2.71. The number of aromatic hydroxyl groups is 1. The van der Waals surface area contributed by atoms with Crippen molar-refractivity contribution in [1.82, 2.24) is 5.43 Å². The van der Waals surface area contributed by atoms with E-state index in [0.717, 1.165) is 0 Å². The van der Waals surface area contributed by atoms with E-state index in [-0.39, 0.29) is 18.0 Å². The van der Waals surface area contributed by atoms with Gasteiger partial charge >= 0.3 is 0 Å². The summed E-state index contributed by atoms with van der Waals surface area (Å²) in [6, 6.07) is 11.7. The van der Waals surface area contributed by atoms with Crippen LogP contribution in [0.25, 0.3) is 0 Å². The maximum absolute atomic E-state index is 11.5. The largest absolute Gasteiger partial charge is 0.508 e. The predicted octanol–water partition coefficient (Wildman–Crippen LogP) is 1.83. The molecule has 0 aromatic heterocycles. The van der Waals surface area contributed by atoms with Crippen molar-refractivity contribution < 1.29 is 19.6 Å². The van der Waals surface area contributed by atoms with E-state index in [9.17, 15) is 14.9 Å². The summed E-state index contributed by atoms with van der Waals surface area (Å²) in [4.78, 5) is 21.5. The van der Waals surface area contributed by atoms with E-state index in [1.165, 1.54) is 42.6 Å². The summed E-state index contributed by atoms with van der Waals surface area (Å²) in [6.45, 7) is -0.273. The predicted molar refractivity (Wildman–Crippen MR) is 82.4 cm³/mol. The number of non-ortho nitro benzene ring substituents is 1. The van der Waals surface area contributed by atoms with Crippen LogP contribution in [-0.2, 0) is 4.79 Å². The standard InChI is InChI=1S/C15H13N3O5/c19-13-5-1-11(2-6-13)9-16-17-15(20)10-23-14-7-3-12(4-8-14)18(21)22/h1-9,19H,10H2,(H,17,20)/b16-9-. The summed E-state index contributed by atoms with van der Waals surface area (Å²) in [5.41, 5.74) is 2.93. The molecule has 8 heteroatoms. The number of phenolic OH excluding ortho intramolecular Hbond substituents is 1. The SMILES string of the molecule is O=C(COc1ccc([N+](=O)[O-])cc1)N/N=C\c1ccc(O)cc1. The van der Waals surface area contributed by atoms with Crippen molar-refractivity contribution in [3.05, 3.63) is 64.2 Å². The molecule has 0 saturated heterocycles. The van der Waals surface area contributed by atoms with Crippen molar-refractivity contribution in [2.75, 3.05) is 6.61 Å². The van der Waals surface area contributed by atoms with Crippen LogP contribution < -0.4 is 10.2 Å². The third-order valence-corrected chi connectivity index (χ3v) is 2.71. The van der Waals surface area contributed by atoms with Gasteiger partial charge in [0.2, 0.25) is 0 Å². The molecule has 0 aliphatic rings. The van der Waals surface area contributed by atoms with Gasteiger partial charge in [-0.25, -0.2) is 5.43 Å². The summed E-state index contributed by atoms with van der Waals surface area (Å²) in [5.74, 6) is 0.00864. The number of ether oxygens (including phenoxy) is 1. The van der Waals surface area contributed by atoms with Gasteiger partial charge in [-0.05, 0) is 42.0 Å². The molecule has 2 aromatic rings. The van der Waals surface area contributed by atoms with Gasteiger partial charge in [-0.15, -0.1) is 0 Å². The summed E-state index contributed by atoms with van der Waals surface area (Å²) in [5, 5.41) is 23.4. The van der Waals surface area contributed by atoms with Gasteiger partial charge in [0, 0.05) is 12.1 Å². The zero-order chi connectivity index (χ0) is 16.7. The van der Waals surface area contributed by atoms with Crippen LogP contribution in [0, 0.1) is 10.1 Å². The molecule has 0 bridgehead atoms. The molecule has 8 nitrogen and oxygen atoms in total. The van der Waals surface area contributed by atoms with Gasteiger partial charge in [0.15, 0.2) is 6.61 Å². The zero-order valence-electron chi connectivity index (χ0n) is 11.9. The number of carbonyl (C=O) groups excluding carboxylic acids is 1. The maximum Gasteiger partial charge on any atom is 0.277 e. The van der Waals surface area contributed by atoms with Crippen LogP contribution in [0.1, 0.15) is 5.56 Å². The average molecular weight is 315 g/mol. The molecule has 0 aliphatic carbocycles. The number of benzene rings is 2. The molecule has 0 aliphatic heterocycles. The number of hydrogen-bond acceptors (Lipinski definition) is 6. The highest BCUT2D eigenvalue weighted by Gasteiger charge is 2.06. The minimum Gasteiger partial charge on any atom is -0.508 e. The minimum absolute atomic E-state index is 0.0553. The first-order valence-electron chi connectivity index (χ1n) is 6.53. The summed E-state index contributed by atoms with van der Waals surface area (Å²) < 4.78 is 5.18. The van der Waals surface area contributed by atoms with Crippen LogP contribution in [0.15, 0.2) is 53.6 Å². The van der Waals surface area contributed by atoms with Gasteiger partial charge in [0.05, 0.1) is 11.1 Å². The normalized spacial score (nSPS) is 10.4. The smallest absolute Gasteiger partial charge is 0.277 e. The molecule has 2 N–H and O–H groups in total. The number of nitro benzene ring substituents is 1. The molecule has 0 unspecified atom stereocenters. The van der Waals surface area contributed by atoms with E-state index < -0.39 is 10.8 Å². The van der Waals surface area contributed by atoms with E-state index in [2.05, 4.69) is 10.5 Å². The second-order valence-electron chi connectivity index (χ2n) is 4.42. The van der Waals surface area contributed by atoms with Crippen molar-refractivity contribution in [1.29, 1.82) is 0 Å². The number of nitrogens with one attached hydrogen (secondary N) is 1. The van der Waals surface area contributed by atoms with Crippen LogP contribution in [-0.4, -0.2) is 28.8 Å². The van der Waals surface area contributed by atoms with E-state index in [1.807, 2.05) is 0 Å². The Kier molecular flexibility index (Phi) is 5.24. The molecule has 0 spiro atoms. The Morgan fingerprint density at radius 2 is 1.87 bits per heavy atom. The molecular formula is C15H13N3O5. The molecule has 2 rings (SSSR count). The Morgan fingerprint density at radius 3 is 2.48 bits per heavy atom. The molecule has 0 atom stereocenters. The van der Waals surface area contributed by atoms with E-state index in [0.29, 0.717) is 11.3 Å². The number of nitrogens with zero attached hydrogens (tertiary/aromatic N) is 2. The Balaban J connectivity index is 1.78. The Bertz CT molecular complexity index is 711. The summed E-state index contributed by atoms with van der Waals surface area (Å²) in [6.07, 6.45) is 1.42. The van der Waals surface area contributed by atoms with E-state index in [4.69, 9.17) is 9.84 Å². The molecule has 23 heavy (non-hydrogen) atoms. The topological polar surface area (TPSA) is 114 Å². The maximum atomic E-state index is 11.5. The lowest BCUT2D eigenvalue weighted by Crippen LogP contribution is -2.24. The number of hydrazone groups is 1. The van der Waals surface area contributed by atoms with Crippen molar-refractivity contribution in [2.24, 2.45) is 5.10 Å². The fourth-order valence-electron chi connectivity index (χ4n) is 1.58. The number of hydrogen-bond donors (Lipinski definition) is 2. The van der Waals surface area contributed by atoms with Crippen LogP contribution >= 0.6 is 0 Å². The number of rotatable bonds is 6. The second kappa shape index (κ2) is 7.55. The van der Waals surface area contributed by atoms with Crippen LogP contribution in [0.2, 0.25) is 0 Å². The van der Waals surface area contributed by atoms with Gasteiger partial charge < -0.3 is 9.84 Å². The lowest BCUT2D eigenvalue weighted by atomic mass is 10.2. The van der Waals surface area contributed by atoms with Crippen molar-refractivity contribution in [3.63, 3.8) is 0 Å². The van der Waals surface area contributed by atoms with Gasteiger partial charge in [-0.3, -0.25) is 14.9 Å². The molecule has 0 heterocycles. The highest BCUT2D eigenvalue weighted by atomic mass is 16.6. The van der Waals surface area contributed by atoms with Gasteiger partial charge in [0.25, 0.3) is 11.6 Å². The Hall–Kier alpha value is -3.42. The molecule has 118 valence electrons. The minimum atomic E-state index is -0.519. The molecule has 0 saturated carbocycles.